The summed E-state index contributed by atoms with van der Waals surface area (Å²) in [6, 6.07) is 3.58. The van der Waals surface area contributed by atoms with Crippen LogP contribution in [-0.2, 0) is 14.3 Å². The van der Waals surface area contributed by atoms with Crippen LogP contribution >= 0.6 is 12.2 Å². The number of carbonyl (C=O) groups excluding carboxylic acids is 1. The van der Waals surface area contributed by atoms with E-state index in [0.29, 0.717) is 21.8 Å². The van der Waals surface area contributed by atoms with Crippen molar-refractivity contribution in [3.05, 3.63) is 52.3 Å². The Balaban J connectivity index is 0.000000397. The maximum atomic E-state index is 12.5. The zero-order valence-corrected chi connectivity index (χ0v) is 17.2. The molecule has 3 heterocycles. The van der Waals surface area contributed by atoms with Gasteiger partial charge in [0.2, 0.25) is 0 Å². The lowest BCUT2D eigenvalue weighted by Gasteiger charge is -2.30. The monoisotopic (exact) mass is 402 g/mol. The van der Waals surface area contributed by atoms with Crippen molar-refractivity contribution in [3.63, 3.8) is 0 Å². The van der Waals surface area contributed by atoms with Crippen LogP contribution in [0.15, 0.2) is 41.4 Å². The maximum Gasteiger partial charge on any atom is 0.337 e. The fourth-order valence-corrected chi connectivity index (χ4v) is 3.24. The van der Waals surface area contributed by atoms with Crippen molar-refractivity contribution < 1.29 is 19.6 Å². The Labute approximate surface area is 170 Å². The van der Waals surface area contributed by atoms with Crippen LogP contribution in [0, 0.1) is 0 Å². The molecule has 0 aliphatic carbocycles. The van der Waals surface area contributed by atoms with Gasteiger partial charge in [0, 0.05) is 23.7 Å². The molecule has 0 amide bonds. The van der Waals surface area contributed by atoms with Gasteiger partial charge in [0.25, 0.3) is 0 Å². The summed E-state index contributed by atoms with van der Waals surface area (Å²) < 4.78 is 10.4. The van der Waals surface area contributed by atoms with Crippen LogP contribution < -0.4 is 10.6 Å². The predicted octanol–water partition coefficient (Wildman–Crippen LogP) is 1.07. The van der Waals surface area contributed by atoms with Crippen LogP contribution in [0.1, 0.15) is 32.3 Å². The number of carbonyl (C=O) groups is 1. The zero-order valence-electron chi connectivity index (χ0n) is 16.4. The third-order valence-electron chi connectivity index (χ3n) is 4.16. The SMILES string of the molecule is C1COCC[NH2+]1.CC1=C(C(=O)OC(C)C)C(c2cccnc2)C(=C=[N-])C(=S)N1. The first kappa shape index (κ1) is 21.9. The Kier molecular flexibility index (Phi) is 8.47. The number of nitrogens with one attached hydrogen (secondary N) is 1. The molecule has 3 N–H and O–H groups in total. The van der Waals surface area contributed by atoms with E-state index in [1.807, 2.05) is 6.07 Å². The zero-order chi connectivity index (χ0) is 20.5. The molecule has 1 aromatic rings. The molecular weight excluding hydrogens is 376 g/mol. The number of nitrogens with zero attached hydrogens (tertiary/aromatic N) is 2. The molecule has 0 spiro atoms. The molecule has 8 heteroatoms. The van der Waals surface area contributed by atoms with Gasteiger partial charge in [-0.3, -0.25) is 10.9 Å². The molecule has 1 saturated heterocycles. The average molecular weight is 403 g/mol. The van der Waals surface area contributed by atoms with E-state index in [1.165, 1.54) is 0 Å². The van der Waals surface area contributed by atoms with Crippen LogP contribution in [0.2, 0.25) is 0 Å². The van der Waals surface area contributed by atoms with Crippen LogP contribution in [0.3, 0.4) is 0 Å². The van der Waals surface area contributed by atoms with Gasteiger partial charge in [-0.1, -0.05) is 18.3 Å². The van der Waals surface area contributed by atoms with Gasteiger partial charge in [-0.25, -0.2) is 4.79 Å². The molecule has 1 unspecified atom stereocenters. The van der Waals surface area contributed by atoms with Gasteiger partial charge in [-0.2, -0.15) is 0 Å². The van der Waals surface area contributed by atoms with E-state index in [2.05, 4.69) is 21.5 Å². The molecule has 0 bridgehead atoms. The van der Waals surface area contributed by atoms with Crippen molar-refractivity contribution in [3.8, 4) is 0 Å². The Bertz CT molecular complexity index is 770. The molecule has 7 nitrogen and oxygen atoms in total. The van der Waals surface area contributed by atoms with E-state index in [4.69, 9.17) is 21.7 Å². The van der Waals surface area contributed by atoms with Crippen molar-refractivity contribution in [1.82, 2.24) is 10.3 Å². The fourth-order valence-electron chi connectivity index (χ4n) is 2.92. The van der Waals surface area contributed by atoms with E-state index >= 15 is 0 Å². The summed E-state index contributed by atoms with van der Waals surface area (Å²) in [5.74, 6) is 1.09. The predicted molar refractivity (Wildman–Crippen MR) is 111 cm³/mol. The summed E-state index contributed by atoms with van der Waals surface area (Å²) >= 11 is 5.23. The minimum Gasteiger partial charge on any atom is -0.763 e. The topological polar surface area (TPSA) is 99.4 Å². The molecule has 0 aromatic carbocycles. The summed E-state index contributed by atoms with van der Waals surface area (Å²) in [7, 11) is 0. The van der Waals surface area contributed by atoms with E-state index in [1.54, 1.807) is 39.2 Å². The van der Waals surface area contributed by atoms with Crippen LogP contribution in [0.4, 0.5) is 0 Å². The van der Waals surface area contributed by atoms with Gasteiger partial charge in [-0.05, 0) is 32.4 Å². The van der Waals surface area contributed by atoms with Crippen molar-refractivity contribution in [2.45, 2.75) is 32.8 Å². The number of esters is 1. The van der Waals surface area contributed by atoms with Crippen molar-refractivity contribution >= 4 is 29.0 Å². The molecule has 0 radical (unpaired) electrons. The summed E-state index contributed by atoms with van der Waals surface area (Å²) in [6.45, 7) is 9.51. The number of morpholine rings is 1. The first-order valence-corrected chi connectivity index (χ1v) is 9.65. The normalized spacial score (nSPS) is 19.4. The standard InChI is InChI=1S/C16H16N3O2S.C4H9NO/c1-9(2)21-16(20)13-10(3)19-15(22)12(7-17)14(13)11-5-4-6-18-8-11;1-3-6-4-2-5-1/h4-6,8-9,14H,1-3H3,(H,19,22);5H,1-4H2/q-1;/p+1. The number of hydrogen-bond donors (Lipinski definition) is 2. The number of allylic oxidation sites excluding steroid dienone is 1. The Morgan fingerprint density at radius 2 is 2.18 bits per heavy atom. The number of thiocarbonyl (C=S) groups is 1. The van der Waals surface area contributed by atoms with Crippen LogP contribution in [0.5, 0.6) is 0 Å². The minimum absolute atomic E-state index is 0.248. The smallest absolute Gasteiger partial charge is 0.337 e. The quantitative estimate of drug-likeness (QED) is 0.340. The van der Waals surface area contributed by atoms with Gasteiger partial charge in [0.05, 0.1) is 43.9 Å². The molecule has 1 aromatic heterocycles. The minimum atomic E-state index is -0.557. The number of nitrogens with two attached hydrogens (primary N) is 1. The van der Waals surface area contributed by atoms with E-state index in [9.17, 15) is 10.2 Å². The third-order valence-corrected chi connectivity index (χ3v) is 4.48. The molecule has 150 valence electrons. The summed E-state index contributed by atoms with van der Waals surface area (Å²) in [5.41, 5.74) is 2.05. The maximum absolute atomic E-state index is 12.5. The largest absolute Gasteiger partial charge is 0.763 e. The summed E-state index contributed by atoms with van der Waals surface area (Å²) in [5, 5.41) is 14.6. The molecular formula is C20H26N4O3S. The summed E-state index contributed by atoms with van der Waals surface area (Å²) in [6.07, 6.45) is 3.02. The second-order valence-corrected chi connectivity index (χ2v) is 7.08. The molecule has 2 aliphatic heterocycles. The fraction of sp³-hybridized carbons (Fsp3) is 0.450. The highest BCUT2D eigenvalue weighted by Crippen LogP contribution is 2.36. The number of rotatable bonds is 3. The van der Waals surface area contributed by atoms with Gasteiger partial charge < -0.3 is 25.5 Å². The second kappa shape index (κ2) is 10.8. The Hall–Kier alpha value is -2.38. The third kappa shape index (κ3) is 5.81. The van der Waals surface area contributed by atoms with E-state index < -0.39 is 11.9 Å². The first-order valence-electron chi connectivity index (χ1n) is 9.25. The summed E-state index contributed by atoms with van der Waals surface area (Å²) in [4.78, 5) is 16.9. The number of ether oxygens (including phenoxy) is 2. The molecule has 1 atom stereocenters. The Morgan fingerprint density at radius 3 is 2.64 bits per heavy atom. The molecule has 2 aliphatic rings. The first-order chi connectivity index (χ1) is 13.5. The highest BCUT2D eigenvalue weighted by atomic mass is 32.1. The van der Waals surface area contributed by atoms with Gasteiger partial charge in [0.1, 0.15) is 4.99 Å². The van der Waals surface area contributed by atoms with Gasteiger partial charge >= 0.3 is 5.97 Å². The van der Waals surface area contributed by atoms with Crippen LogP contribution in [-0.4, -0.2) is 54.2 Å². The Morgan fingerprint density at radius 1 is 1.46 bits per heavy atom. The van der Waals surface area contributed by atoms with E-state index in [-0.39, 0.29) is 6.10 Å². The highest BCUT2D eigenvalue weighted by molar-refractivity contribution is 7.80. The molecule has 3 rings (SSSR count). The number of quaternary nitrogens is 1. The van der Waals surface area contributed by atoms with Crippen LogP contribution in [0.25, 0.3) is 5.41 Å². The van der Waals surface area contributed by atoms with Crippen molar-refractivity contribution in [2.24, 2.45) is 0 Å². The average Bonchev–Trinajstić information content (AvgIpc) is 2.69. The van der Waals surface area contributed by atoms with Gasteiger partial charge in [0.15, 0.2) is 0 Å². The van der Waals surface area contributed by atoms with Crippen molar-refractivity contribution in [1.29, 1.82) is 0 Å². The van der Waals surface area contributed by atoms with E-state index in [0.717, 1.165) is 31.9 Å². The number of hydrogen-bond acceptors (Lipinski definition) is 5. The van der Waals surface area contributed by atoms with Gasteiger partial charge in [-0.15, -0.1) is 0 Å². The molecule has 28 heavy (non-hydrogen) atoms. The number of aromatic nitrogens is 1. The molecule has 0 saturated carbocycles. The number of pyridine rings is 1. The lowest BCUT2D eigenvalue weighted by atomic mass is 9.82. The lowest BCUT2D eigenvalue weighted by molar-refractivity contribution is -0.670. The highest BCUT2D eigenvalue weighted by Gasteiger charge is 2.35. The molecule has 1 fully saturated rings. The second-order valence-electron chi connectivity index (χ2n) is 6.67. The lowest BCUT2D eigenvalue weighted by Crippen LogP contribution is -2.87. The van der Waals surface area contributed by atoms with Crippen molar-refractivity contribution in [2.75, 3.05) is 26.3 Å².